The minimum absolute atomic E-state index is 0.148. The van der Waals surface area contributed by atoms with Gasteiger partial charge in [-0.05, 0) is 35.9 Å². The van der Waals surface area contributed by atoms with Gasteiger partial charge in [-0.2, -0.15) is 18.3 Å². The van der Waals surface area contributed by atoms with Gasteiger partial charge in [0.15, 0.2) is 12.0 Å². The summed E-state index contributed by atoms with van der Waals surface area (Å²) in [4.78, 5) is 25.5. The summed E-state index contributed by atoms with van der Waals surface area (Å²) >= 11 is 0. The molecule has 0 radical (unpaired) electrons. The van der Waals surface area contributed by atoms with E-state index in [1.807, 2.05) is 30.3 Å². The standard InChI is InChI=1S/C25H20F3N5O3/c26-25(27,28)17-9-4-8-16(12-17)23(35)30-21-13-19(20-10-5-11-36-20)32-33(21)24-29-18(14-22(34)31-24)15-6-2-1-3-7-15/h1-13,18,24,29H,14H2,(H,30,35)(H,31,34). The summed E-state index contributed by atoms with van der Waals surface area (Å²) in [6.45, 7) is 0. The van der Waals surface area contributed by atoms with Gasteiger partial charge in [0.05, 0.1) is 11.8 Å². The third-order valence-corrected chi connectivity index (χ3v) is 5.70. The first-order valence-electron chi connectivity index (χ1n) is 11.0. The number of carbonyl (C=O) groups excluding carboxylic acids is 2. The first-order chi connectivity index (χ1) is 17.3. The summed E-state index contributed by atoms with van der Waals surface area (Å²) in [7, 11) is 0. The number of nitrogens with zero attached hydrogens (tertiary/aromatic N) is 2. The number of alkyl halides is 3. The third kappa shape index (κ3) is 4.86. The van der Waals surface area contributed by atoms with Gasteiger partial charge in [0.1, 0.15) is 11.5 Å². The molecule has 0 saturated carbocycles. The van der Waals surface area contributed by atoms with Crippen molar-refractivity contribution in [2.45, 2.75) is 24.9 Å². The highest BCUT2D eigenvalue weighted by Crippen LogP contribution is 2.31. The van der Waals surface area contributed by atoms with Gasteiger partial charge >= 0.3 is 6.18 Å². The summed E-state index contributed by atoms with van der Waals surface area (Å²) in [6, 6.07) is 18.0. The Hall–Kier alpha value is -4.38. The number of halogens is 3. The molecule has 0 spiro atoms. The van der Waals surface area contributed by atoms with E-state index in [-0.39, 0.29) is 29.8 Å². The highest BCUT2D eigenvalue weighted by molar-refractivity contribution is 6.04. The number of nitrogens with one attached hydrogen (secondary N) is 3. The van der Waals surface area contributed by atoms with Crippen LogP contribution < -0.4 is 16.0 Å². The molecule has 3 N–H and O–H groups in total. The molecule has 1 fully saturated rings. The van der Waals surface area contributed by atoms with Crippen molar-refractivity contribution < 1.29 is 27.2 Å². The predicted molar refractivity (Wildman–Crippen MR) is 123 cm³/mol. The van der Waals surface area contributed by atoms with Crippen molar-refractivity contribution in [2.24, 2.45) is 0 Å². The largest absolute Gasteiger partial charge is 0.463 e. The molecule has 1 aliphatic rings. The first-order valence-corrected chi connectivity index (χ1v) is 11.0. The maximum atomic E-state index is 13.1. The Morgan fingerprint density at radius 1 is 1.06 bits per heavy atom. The van der Waals surface area contributed by atoms with Crippen LogP contribution in [0.5, 0.6) is 0 Å². The predicted octanol–water partition coefficient (Wildman–Crippen LogP) is 4.72. The lowest BCUT2D eigenvalue weighted by molar-refractivity contribution is -0.137. The molecule has 2 unspecified atom stereocenters. The van der Waals surface area contributed by atoms with E-state index in [9.17, 15) is 22.8 Å². The molecule has 2 atom stereocenters. The number of amides is 2. The van der Waals surface area contributed by atoms with Gasteiger partial charge in [-0.15, -0.1) is 0 Å². The minimum atomic E-state index is -4.59. The van der Waals surface area contributed by atoms with E-state index in [2.05, 4.69) is 21.0 Å². The van der Waals surface area contributed by atoms with Crippen LogP contribution in [0.25, 0.3) is 11.5 Å². The Morgan fingerprint density at radius 2 is 1.86 bits per heavy atom. The van der Waals surface area contributed by atoms with Crippen LogP contribution in [0.1, 0.15) is 40.2 Å². The zero-order valence-corrected chi connectivity index (χ0v) is 18.6. The van der Waals surface area contributed by atoms with Crippen LogP contribution in [0, 0.1) is 0 Å². The Labute approximate surface area is 203 Å². The molecule has 11 heteroatoms. The zero-order chi connectivity index (χ0) is 25.3. The topological polar surface area (TPSA) is 101 Å². The van der Waals surface area contributed by atoms with E-state index in [0.29, 0.717) is 11.5 Å². The molecular weight excluding hydrogens is 475 g/mol. The molecule has 4 aromatic rings. The fraction of sp³-hybridized carbons (Fsp3) is 0.160. The fourth-order valence-corrected chi connectivity index (χ4v) is 3.97. The molecule has 184 valence electrons. The Bertz CT molecular complexity index is 1380. The molecule has 3 heterocycles. The lowest BCUT2D eigenvalue weighted by Crippen LogP contribution is -2.50. The van der Waals surface area contributed by atoms with E-state index in [1.54, 1.807) is 12.1 Å². The second-order valence-electron chi connectivity index (χ2n) is 8.17. The molecule has 0 aliphatic carbocycles. The van der Waals surface area contributed by atoms with E-state index in [1.165, 1.54) is 23.1 Å². The molecule has 2 aromatic carbocycles. The minimum Gasteiger partial charge on any atom is -0.463 e. The van der Waals surface area contributed by atoms with Crippen LogP contribution >= 0.6 is 0 Å². The number of hydrogen-bond donors (Lipinski definition) is 3. The lowest BCUT2D eigenvalue weighted by Gasteiger charge is -2.32. The molecule has 1 aliphatic heterocycles. The number of anilines is 1. The number of benzene rings is 2. The Kier molecular flexibility index (Phi) is 6.06. The first kappa shape index (κ1) is 23.4. The maximum absolute atomic E-state index is 13.1. The van der Waals surface area contributed by atoms with Gasteiger partial charge in [-0.3, -0.25) is 14.9 Å². The molecule has 2 aromatic heterocycles. The summed E-state index contributed by atoms with van der Waals surface area (Å²) < 4.78 is 46.2. The summed E-state index contributed by atoms with van der Waals surface area (Å²) in [5, 5.41) is 13.2. The smallest absolute Gasteiger partial charge is 0.416 e. The average molecular weight is 495 g/mol. The second-order valence-corrected chi connectivity index (χ2v) is 8.17. The molecule has 0 bridgehead atoms. The van der Waals surface area contributed by atoms with Crippen LogP contribution in [0.3, 0.4) is 0 Å². The number of hydrogen-bond acceptors (Lipinski definition) is 5. The molecular formula is C25H20F3N5O3. The SMILES string of the molecule is O=C1CC(c2ccccc2)NC(n2nc(-c3ccco3)cc2NC(=O)c2cccc(C(F)(F)F)c2)N1. The van der Waals surface area contributed by atoms with Gasteiger partial charge in [0.2, 0.25) is 5.91 Å². The third-order valence-electron chi connectivity index (χ3n) is 5.70. The number of rotatable bonds is 5. The van der Waals surface area contributed by atoms with Gasteiger partial charge in [0, 0.05) is 24.1 Å². The van der Waals surface area contributed by atoms with Crippen molar-refractivity contribution in [2.75, 3.05) is 5.32 Å². The van der Waals surface area contributed by atoms with E-state index < -0.39 is 23.9 Å². The molecule has 2 amide bonds. The van der Waals surface area contributed by atoms with Crippen molar-refractivity contribution in [3.8, 4) is 11.5 Å². The van der Waals surface area contributed by atoms with Crippen molar-refractivity contribution in [1.82, 2.24) is 20.4 Å². The monoisotopic (exact) mass is 495 g/mol. The van der Waals surface area contributed by atoms with Crippen LogP contribution in [0.15, 0.2) is 83.5 Å². The number of carbonyl (C=O) groups is 2. The van der Waals surface area contributed by atoms with Crippen LogP contribution in [-0.4, -0.2) is 21.6 Å². The molecule has 5 rings (SSSR count). The Morgan fingerprint density at radius 3 is 2.58 bits per heavy atom. The molecule has 36 heavy (non-hydrogen) atoms. The van der Waals surface area contributed by atoms with Crippen LogP contribution in [-0.2, 0) is 11.0 Å². The second kappa shape index (κ2) is 9.34. The normalized spacial score (nSPS) is 18.0. The van der Waals surface area contributed by atoms with Crippen molar-refractivity contribution in [3.63, 3.8) is 0 Å². The highest BCUT2D eigenvalue weighted by Gasteiger charge is 2.32. The number of aromatic nitrogens is 2. The Balaban J connectivity index is 1.48. The fourth-order valence-electron chi connectivity index (χ4n) is 3.97. The van der Waals surface area contributed by atoms with Crippen molar-refractivity contribution in [1.29, 1.82) is 0 Å². The summed E-state index contributed by atoms with van der Waals surface area (Å²) in [6.07, 6.45) is -3.79. The van der Waals surface area contributed by atoms with E-state index in [0.717, 1.165) is 23.8 Å². The van der Waals surface area contributed by atoms with E-state index >= 15 is 0 Å². The molecule has 1 saturated heterocycles. The number of furan rings is 1. The van der Waals surface area contributed by atoms with Crippen LogP contribution in [0.2, 0.25) is 0 Å². The summed E-state index contributed by atoms with van der Waals surface area (Å²) in [5.41, 5.74) is 0.134. The lowest BCUT2D eigenvalue weighted by atomic mass is 10.0. The van der Waals surface area contributed by atoms with Gasteiger partial charge in [-0.25, -0.2) is 4.68 Å². The van der Waals surface area contributed by atoms with E-state index in [4.69, 9.17) is 4.42 Å². The maximum Gasteiger partial charge on any atom is 0.416 e. The van der Waals surface area contributed by atoms with Gasteiger partial charge < -0.3 is 15.1 Å². The van der Waals surface area contributed by atoms with Crippen LogP contribution in [0.4, 0.5) is 19.0 Å². The average Bonchev–Trinajstić information content (AvgIpc) is 3.54. The van der Waals surface area contributed by atoms with Gasteiger partial charge in [0.25, 0.3) is 5.91 Å². The summed E-state index contributed by atoms with van der Waals surface area (Å²) in [5.74, 6) is -0.451. The quantitative estimate of drug-likeness (QED) is 0.372. The highest BCUT2D eigenvalue weighted by atomic mass is 19.4. The van der Waals surface area contributed by atoms with Crippen molar-refractivity contribution in [3.05, 3.63) is 95.7 Å². The molecule has 8 nitrogen and oxygen atoms in total. The zero-order valence-electron chi connectivity index (χ0n) is 18.6. The van der Waals surface area contributed by atoms with Crippen molar-refractivity contribution >= 4 is 17.6 Å². The van der Waals surface area contributed by atoms with Gasteiger partial charge in [-0.1, -0.05) is 36.4 Å².